The summed E-state index contributed by atoms with van der Waals surface area (Å²) in [5.74, 6) is -6.15. The van der Waals surface area contributed by atoms with Gasteiger partial charge in [-0.05, 0) is 106 Å². The van der Waals surface area contributed by atoms with Crippen molar-refractivity contribution in [3.63, 3.8) is 0 Å². The third-order valence-electron chi connectivity index (χ3n) is 8.64. The minimum atomic E-state index is -1.15. The van der Waals surface area contributed by atoms with E-state index in [4.69, 9.17) is 14.2 Å². The average molecular weight is 591 g/mol. The number of hydrogen-bond donors (Lipinski definition) is 0. The Hall–Kier alpha value is -2.87. The molecule has 0 heterocycles. The molecule has 4 nitrogen and oxygen atoms in total. The lowest BCUT2D eigenvalue weighted by Crippen LogP contribution is -2.26. The number of benzene rings is 2. The maximum absolute atomic E-state index is 15.0. The smallest absolute Gasteiger partial charge is 0.314 e. The number of allylic oxidation sites excluding steroid dienone is 1. The fourth-order valence-electron chi connectivity index (χ4n) is 6.09. The van der Waals surface area contributed by atoms with E-state index in [-0.39, 0.29) is 35.9 Å². The van der Waals surface area contributed by atoms with Crippen LogP contribution in [0.2, 0.25) is 0 Å². The van der Waals surface area contributed by atoms with Crippen LogP contribution in [0.1, 0.15) is 107 Å². The molecule has 42 heavy (non-hydrogen) atoms. The summed E-state index contributed by atoms with van der Waals surface area (Å²) in [4.78, 5) is 12.8. The molecule has 2 aromatic carbocycles. The van der Waals surface area contributed by atoms with Crippen LogP contribution in [-0.2, 0) is 9.53 Å². The summed E-state index contributed by atoms with van der Waals surface area (Å²) in [6.45, 7) is 6.72. The van der Waals surface area contributed by atoms with Gasteiger partial charge in [-0.15, -0.1) is 6.58 Å². The first-order valence-electron chi connectivity index (χ1n) is 15.4. The van der Waals surface area contributed by atoms with Crippen molar-refractivity contribution in [2.45, 2.75) is 102 Å². The number of carbonyl (C=O) groups is 1. The number of halogens is 4. The highest BCUT2D eigenvalue weighted by atomic mass is 19.2. The fraction of sp³-hybridized carbons (Fsp3) is 0.559. The first-order valence-corrected chi connectivity index (χ1v) is 15.4. The highest BCUT2D eigenvalue weighted by molar-refractivity contribution is 5.75. The Balaban J connectivity index is 1.29. The molecule has 0 aromatic heterocycles. The van der Waals surface area contributed by atoms with Crippen molar-refractivity contribution < 1.29 is 36.6 Å². The maximum atomic E-state index is 15.0. The first-order chi connectivity index (χ1) is 20.3. The Labute approximate surface area is 246 Å². The van der Waals surface area contributed by atoms with Crippen LogP contribution in [-0.4, -0.2) is 25.3 Å². The normalized spacial score (nSPS) is 22.5. The van der Waals surface area contributed by atoms with Crippen molar-refractivity contribution in [2.24, 2.45) is 5.92 Å². The van der Waals surface area contributed by atoms with Gasteiger partial charge in [0.25, 0.3) is 0 Å². The lowest BCUT2D eigenvalue weighted by atomic mass is 9.78. The number of unbranched alkanes of at least 4 members (excludes halogenated alkanes) is 2. The molecule has 0 bridgehead atoms. The third-order valence-corrected chi connectivity index (χ3v) is 8.64. The Morgan fingerprint density at radius 3 is 1.95 bits per heavy atom. The number of hydrogen-bond acceptors (Lipinski definition) is 4. The topological polar surface area (TPSA) is 44.8 Å². The van der Waals surface area contributed by atoms with Crippen molar-refractivity contribution in [1.29, 1.82) is 0 Å². The highest BCUT2D eigenvalue weighted by Crippen LogP contribution is 2.40. The molecule has 2 fully saturated rings. The molecule has 4 rings (SSSR count). The molecule has 2 aliphatic rings. The number of esters is 1. The Bertz CT molecular complexity index is 1200. The van der Waals surface area contributed by atoms with Crippen LogP contribution >= 0.6 is 0 Å². The molecule has 0 spiro atoms. The Morgan fingerprint density at radius 2 is 1.36 bits per heavy atom. The zero-order chi connectivity index (χ0) is 30.1. The molecule has 230 valence electrons. The van der Waals surface area contributed by atoms with E-state index in [2.05, 4.69) is 13.5 Å². The van der Waals surface area contributed by atoms with E-state index in [1.165, 1.54) is 24.3 Å². The predicted octanol–water partition coefficient (Wildman–Crippen LogP) is 9.31. The zero-order valence-electron chi connectivity index (χ0n) is 24.4. The maximum Gasteiger partial charge on any atom is 0.314 e. The van der Waals surface area contributed by atoms with Crippen LogP contribution in [0.25, 0.3) is 0 Å². The van der Waals surface area contributed by atoms with Gasteiger partial charge >= 0.3 is 5.97 Å². The number of carbonyl (C=O) groups excluding carboxylic acids is 1. The van der Waals surface area contributed by atoms with Gasteiger partial charge in [0.05, 0.1) is 18.6 Å². The molecule has 0 atom stereocenters. The summed E-state index contributed by atoms with van der Waals surface area (Å²) < 4.78 is 76.0. The second kappa shape index (κ2) is 15.6. The van der Waals surface area contributed by atoms with Gasteiger partial charge in [0.2, 0.25) is 11.6 Å². The third kappa shape index (κ3) is 7.94. The zero-order valence-corrected chi connectivity index (χ0v) is 24.4. The molecular formula is C34H42F4O4. The van der Waals surface area contributed by atoms with Crippen LogP contribution in [0.5, 0.6) is 11.5 Å². The van der Waals surface area contributed by atoms with Gasteiger partial charge in [-0.1, -0.05) is 31.6 Å². The molecule has 2 aromatic rings. The van der Waals surface area contributed by atoms with Crippen LogP contribution in [0, 0.1) is 29.2 Å². The number of ether oxygens (including phenoxy) is 3. The molecule has 2 saturated carbocycles. The van der Waals surface area contributed by atoms with Crippen LogP contribution in [0.15, 0.2) is 36.9 Å². The van der Waals surface area contributed by atoms with Crippen molar-refractivity contribution in [3.8, 4) is 11.5 Å². The van der Waals surface area contributed by atoms with Gasteiger partial charge in [-0.3, -0.25) is 4.79 Å². The Kier molecular flexibility index (Phi) is 11.9. The molecule has 0 radical (unpaired) electrons. The van der Waals surface area contributed by atoms with Gasteiger partial charge in [0.1, 0.15) is 0 Å². The molecule has 8 heteroatoms. The van der Waals surface area contributed by atoms with Crippen LogP contribution in [0.3, 0.4) is 0 Å². The average Bonchev–Trinajstić information content (AvgIpc) is 3.00. The van der Waals surface area contributed by atoms with E-state index in [1.54, 1.807) is 6.08 Å². The van der Waals surface area contributed by atoms with Crippen molar-refractivity contribution in [3.05, 3.63) is 71.3 Å². The second-order valence-electron chi connectivity index (χ2n) is 11.5. The van der Waals surface area contributed by atoms with E-state index in [0.717, 1.165) is 38.7 Å². The summed E-state index contributed by atoms with van der Waals surface area (Å²) in [5, 5.41) is 0. The summed E-state index contributed by atoms with van der Waals surface area (Å²) in [6.07, 6.45) is 10.0. The molecule has 0 N–H and O–H groups in total. The van der Waals surface area contributed by atoms with E-state index in [0.29, 0.717) is 50.5 Å². The van der Waals surface area contributed by atoms with Gasteiger partial charge < -0.3 is 14.2 Å². The van der Waals surface area contributed by atoms with Gasteiger partial charge in [-0.25, -0.2) is 8.78 Å². The van der Waals surface area contributed by atoms with E-state index < -0.39 is 40.9 Å². The molecular weight excluding hydrogens is 548 g/mol. The molecule has 0 unspecified atom stereocenters. The van der Waals surface area contributed by atoms with Crippen LogP contribution < -0.4 is 9.47 Å². The fourth-order valence-corrected chi connectivity index (χ4v) is 6.09. The lowest BCUT2D eigenvalue weighted by molar-refractivity contribution is -0.140. The van der Waals surface area contributed by atoms with Gasteiger partial charge in [-0.2, -0.15) is 8.78 Å². The van der Waals surface area contributed by atoms with Crippen molar-refractivity contribution in [1.82, 2.24) is 0 Å². The quantitative estimate of drug-likeness (QED) is 0.0767. The van der Waals surface area contributed by atoms with Gasteiger partial charge in [0, 0.05) is 6.61 Å². The standard InChI is InChI=1S/C34H42F4O4/c1-3-5-7-21-41-28-18-16-26(30(35)32(28)37)22-8-10-24(11-9-22)34(39)42-29-19-17-27(31(36)33(29)38)23-12-14-25(15-13-23)40-20-6-4-2/h3,16-19,22-25H,1,4-15,20-21H2,2H3. The van der Waals surface area contributed by atoms with Crippen molar-refractivity contribution in [2.75, 3.05) is 13.2 Å². The van der Waals surface area contributed by atoms with E-state index >= 15 is 4.39 Å². The lowest BCUT2D eigenvalue weighted by Gasteiger charge is -2.29. The number of rotatable bonds is 13. The Morgan fingerprint density at radius 1 is 0.786 bits per heavy atom. The molecule has 0 amide bonds. The summed E-state index contributed by atoms with van der Waals surface area (Å²) >= 11 is 0. The summed E-state index contributed by atoms with van der Waals surface area (Å²) in [7, 11) is 0. The second-order valence-corrected chi connectivity index (χ2v) is 11.5. The predicted molar refractivity (Wildman–Crippen MR) is 154 cm³/mol. The first kappa shape index (κ1) is 32.1. The summed E-state index contributed by atoms with van der Waals surface area (Å²) in [6, 6.07) is 5.83. The monoisotopic (exact) mass is 590 g/mol. The summed E-state index contributed by atoms with van der Waals surface area (Å²) in [5.41, 5.74) is 0.560. The van der Waals surface area contributed by atoms with E-state index in [9.17, 15) is 18.0 Å². The van der Waals surface area contributed by atoms with Crippen molar-refractivity contribution >= 4 is 5.97 Å². The molecule has 2 aliphatic carbocycles. The minimum Gasteiger partial charge on any atom is -0.490 e. The molecule has 0 aliphatic heterocycles. The SMILES string of the molecule is C=CCCCOc1ccc(C2CCC(C(=O)Oc3ccc(C4CCC(OCCCC)CC4)c(F)c3F)CC2)c(F)c1F. The van der Waals surface area contributed by atoms with E-state index in [1.807, 2.05) is 0 Å². The minimum absolute atomic E-state index is 0.103. The molecule has 0 saturated heterocycles. The van der Waals surface area contributed by atoms with Crippen LogP contribution in [0.4, 0.5) is 17.6 Å². The largest absolute Gasteiger partial charge is 0.490 e. The van der Waals surface area contributed by atoms with Gasteiger partial charge in [0.15, 0.2) is 23.1 Å². The highest BCUT2D eigenvalue weighted by Gasteiger charge is 2.32.